The first-order valence-electron chi connectivity index (χ1n) is 11.3. The van der Waals surface area contributed by atoms with Gasteiger partial charge >= 0.3 is 0 Å². The number of rotatable bonds is 5. The third-order valence-corrected chi connectivity index (χ3v) is 6.43. The number of benzene rings is 1. The number of para-hydroxylation sites is 1. The van der Waals surface area contributed by atoms with Gasteiger partial charge in [-0.3, -0.25) is 4.90 Å². The summed E-state index contributed by atoms with van der Waals surface area (Å²) in [5, 5.41) is 9.81. The fourth-order valence-electron chi connectivity index (χ4n) is 4.70. The summed E-state index contributed by atoms with van der Waals surface area (Å²) >= 11 is 0. The molecule has 0 atom stereocenters. The minimum Gasteiger partial charge on any atom is -0.337 e. The van der Waals surface area contributed by atoms with Crippen LogP contribution in [0.25, 0.3) is 28.1 Å². The number of fused-ring (bicyclic) bond motifs is 3. The average Bonchev–Trinajstić information content (AvgIpc) is 3.60. The normalized spacial score (nSPS) is 14.3. The largest absolute Gasteiger partial charge is 0.337 e. The summed E-state index contributed by atoms with van der Waals surface area (Å²) in [7, 11) is 0. The number of aromatic nitrogens is 6. The Balaban J connectivity index is 1.34. The van der Waals surface area contributed by atoms with Crippen LogP contribution in [0.2, 0.25) is 0 Å². The van der Waals surface area contributed by atoms with Crippen molar-refractivity contribution >= 4 is 10.9 Å². The van der Waals surface area contributed by atoms with Crippen molar-refractivity contribution in [2.45, 2.75) is 39.4 Å². The van der Waals surface area contributed by atoms with Gasteiger partial charge < -0.3 is 9.09 Å². The van der Waals surface area contributed by atoms with Gasteiger partial charge in [0.15, 0.2) is 5.82 Å². The highest BCUT2D eigenvalue weighted by molar-refractivity contribution is 5.86. The van der Waals surface area contributed by atoms with Gasteiger partial charge in [0.1, 0.15) is 6.54 Å². The van der Waals surface area contributed by atoms with E-state index in [1.165, 1.54) is 22.2 Å². The first-order chi connectivity index (χ1) is 16.2. The predicted molar refractivity (Wildman–Crippen MR) is 125 cm³/mol. The molecule has 0 amide bonds. The van der Waals surface area contributed by atoms with E-state index in [4.69, 9.17) is 9.51 Å². The van der Waals surface area contributed by atoms with Crippen LogP contribution in [0.3, 0.4) is 0 Å². The van der Waals surface area contributed by atoms with E-state index in [1.54, 1.807) is 17.1 Å². The molecule has 1 aromatic carbocycles. The molecule has 0 N–H and O–H groups in total. The molecule has 5 heterocycles. The summed E-state index contributed by atoms with van der Waals surface area (Å²) < 4.78 is 9.75. The second kappa shape index (κ2) is 7.97. The third kappa shape index (κ3) is 3.52. The van der Waals surface area contributed by atoms with Crippen molar-refractivity contribution in [1.82, 2.24) is 34.4 Å². The third-order valence-electron chi connectivity index (χ3n) is 6.43. The maximum absolute atomic E-state index is 5.69. The van der Waals surface area contributed by atoms with Gasteiger partial charge in [-0.2, -0.15) is 10.1 Å². The molecule has 5 aromatic rings. The first kappa shape index (κ1) is 19.9. The van der Waals surface area contributed by atoms with Gasteiger partial charge in [0.2, 0.25) is 11.7 Å². The molecule has 0 fully saturated rings. The lowest BCUT2D eigenvalue weighted by Crippen LogP contribution is -2.36. The van der Waals surface area contributed by atoms with Crippen molar-refractivity contribution < 1.29 is 4.52 Å². The maximum Gasteiger partial charge on any atom is 0.246 e. The molecule has 0 aliphatic carbocycles. The topological polar surface area (TPSA) is 77.8 Å². The molecule has 0 radical (unpaired) electrons. The zero-order valence-electron chi connectivity index (χ0n) is 18.7. The quantitative estimate of drug-likeness (QED) is 0.411. The van der Waals surface area contributed by atoms with Crippen LogP contribution in [0, 0.1) is 0 Å². The van der Waals surface area contributed by atoms with Gasteiger partial charge in [-0.05, 0) is 43.7 Å². The second-order valence-corrected chi connectivity index (χ2v) is 8.71. The SMILES string of the molecule is CC(C)N1CCc2c(c3ccccc3n2Cc2nc(-c3ccnc(-n4cccn4)c3)no2)C1. The number of hydrogen-bond donors (Lipinski definition) is 0. The Labute approximate surface area is 191 Å². The van der Waals surface area contributed by atoms with Crippen LogP contribution in [-0.2, 0) is 19.5 Å². The predicted octanol–water partition coefficient (Wildman–Crippen LogP) is 4.09. The summed E-state index contributed by atoms with van der Waals surface area (Å²) in [4.78, 5) is 11.6. The summed E-state index contributed by atoms with van der Waals surface area (Å²) in [6.45, 7) is 7.12. The first-order valence-corrected chi connectivity index (χ1v) is 11.3. The van der Waals surface area contributed by atoms with Gasteiger partial charge in [0.25, 0.3) is 0 Å². The van der Waals surface area contributed by atoms with Gasteiger partial charge in [-0.1, -0.05) is 23.4 Å². The van der Waals surface area contributed by atoms with Crippen LogP contribution in [0.4, 0.5) is 0 Å². The second-order valence-electron chi connectivity index (χ2n) is 8.71. The van der Waals surface area contributed by atoms with Crippen molar-refractivity contribution in [2.24, 2.45) is 0 Å². The molecule has 0 unspecified atom stereocenters. The van der Waals surface area contributed by atoms with E-state index < -0.39 is 0 Å². The van der Waals surface area contributed by atoms with E-state index in [0.717, 1.165) is 25.1 Å². The Morgan fingerprint density at radius 3 is 2.85 bits per heavy atom. The van der Waals surface area contributed by atoms with Gasteiger partial charge in [-0.15, -0.1) is 0 Å². The molecule has 0 saturated heterocycles. The summed E-state index contributed by atoms with van der Waals surface area (Å²) in [5.41, 5.74) is 4.86. The summed E-state index contributed by atoms with van der Waals surface area (Å²) in [6, 6.07) is 14.8. The monoisotopic (exact) mass is 439 g/mol. The molecule has 33 heavy (non-hydrogen) atoms. The highest BCUT2D eigenvalue weighted by Gasteiger charge is 2.26. The zero-order valence-corrected chi connectivity index (χ0v) is 18.7. The minimum atomic E-state index is 0.533. The average molecular weight is 440 g/mol. The molecule has 1 aliphatic rings. The van der Waals surface area contributed by atoms with E-state index in [0.29, 0.717) is 30.1 Å². The fraction of sp³-hybridized carbons (Fsp3) is 0.280. The molecule has 1 aliphatic heterocycles. The molecule has 0 bridgehead atoms. The van der Waals surface area contributed by atoms with Crippen molar-refractivity contribution in [2.75, 3.05) is 6.54 Å². The number of nitrogens with zero attached hydrogens (tertiary/aromatic N) is 7. The molecule has 8 heteroatoms. The minimum absolute atomic E-state index is 0.533. The Morgan fingerprint density at radius 2 is 2.00 bits per heavy atom. The molecular formula is C25H25N7O. The van der Waals surface area contributed by atoms with Crippen LogP contribution in [0.1, 0.15) is 31.0 Å². The van der Waals surface area contributed by atoms with Crippen LogP contribution in [0.15, 0.2) is 65.6 Å². The molecule has 0 spiro atoms. The molecule has 0 saturated carbocycles. The number of pyridine rings is 1. The molecule has 8 nitrogen and oxygen atoms in total. The van der Waals surface area contributed by atoms with E-state index in [-0.39, 0.29) is 0 Å². The lowest BCUT2D eigenvalue weighted by Gasteiger charge is -2.31. The standard InChI is InChI=1S/C25H25N7O/c1-17(2)30-13-9-22-20(15-30)19-6-3-4-7-21(19)31(22)16-24-28-25(29-33-24)18-8-11-26-23(14-18)32-12-5-10-27-32/h3-8,10-12,14,17H,9,13,15-16H2,1-2H3. The van der Waals surface area contributed by atoms with Crippen LogP contribution in [0.5, 0.6) is 0 Å². The highest BCUT2D eigenvalue weighted by atomic mass is 16.5. The van der Waals surface area contributed by atoms with Crippen molar-refractivity contribution in [3.63, 3.8) is 0 Å². The summed E-state index contributed by atoms with van der Waals surface area (Å²) in [5.74, 6) is 1.86. The van der Waals surface area contributed by atoms with Crippen molar-refractivity contribution in [1.29, 1.82) is 0 Å². The Morgan fingerprint density at radius 1 is 1.09 bits per heavy atom. The van der Waals surface area contributed by atoms with E-state index in [1.807, 2.05) is 24.4 Å². The Hall–Kier alpha value is -3.78. The summed E-state index contributed by atoms with van der Waals surface area (Å²) in [6.07, 6.45) is 6.33. The molecule has 6 rings (SSSR count). The van der Waals surface area contributed by atoms with Crippen molar-refractivity contribution in [3.05, 3.63) is 78.2 Å². The maximum atomic E-state index is 5.69. The molecule has 4 aromatic heterocycles. The zero-order chi connectivity index (χ0) is 22.4. The van der Waals surface area contributed by atoms with Crippen LogP contribution < -0.4 is 0 Å². The molecular weight excluding hydrogens is 414 g/mol. The Kier molecular flexibility index (Phi) is 4.80. The number of hydrogen-bond acceptors (Lipinski definition) is 6. The van der Waals surface area contributed by atoms with E-state index >= 15 is 0 Å². The van der Waals surface area contributed by atoms with Gasteiger partial charge in [0, 0.05) is 66.3 Å². The fourth-order valence-corrected chi connectivity index (χ4v) is 4.70. The van der Waals surface area contributed by atoms with E-state index in [2.05, 4.69) is 62.8 Å². The smallest absolute Gasteiger partial charge is 0.246 e. The molecule has 166 valence electrons. The van der Waals surface area contributed by atoms with Gasteiger partial charge in [0.05, 0.1) is 0 Å². The van der Waals surface area contributed by atoms with Crippen LogP contribution >= 0.6 is 0 Å². The van der Waals surface area contributed by atoms with Gasteiger partial charge in [-0.25, -0.2) is 9.67 Å². The lowest BCUT2D eigenvalue weighted by molar-refractivity contribution is 0.202. The lowest BCUT2D eigenvalue weighted by atomic mass is 10.0. The Bertz CT molecular complexity index is 1410. The van der Waals surface area contributed by atoms with Crippen LogP contribution in [-0.4, -0.2) is 47.0 Å². The highest BCUT2D eigenvalue weighted by Crippen LogP contribution is 2.32. The van der Waals surface area contributed by atoms with Crippen molar-refractivity contribution in [3.8, 4) is 17.2 Å². The van der Waals surface area contributed by atoms with E-state index in [9.17, 15) is 0 Å².